The Morgan fingerprint density at radius 1 is 1.22 bits per heavy atom. The highest BCUT2D eigenvalue weighted by atomic mass is 32.2. The molecule has 6 nitrogen and oxygen atoms in total. The van der Waals surface area contributed by atoms with Gasteiger partial charge in [-0.15, -0.1) is 0 Å². The fraction of sp³-hybridized carbons (Fsp3) is 0.188. The first kappa shape index (κ1) is 15.5. The van der Waals surface area contributed by atoms with Gasteiger partial charge in [-0.2, -0.15) is 4.72 Å². The van der Waals surface area contributed by atoms with Crippen LogP contribution in [-0.4, -0.2) is 27.5 Å². The summed E-state index contributed by atoms with van der Waals surface area (Å²) >= 11 is 0. The molecule has 1 amide bonds. The van der Waals surface area contributed by atoms with Gasteiger partial charge in [-0.25, -0.2) is 8.42 Å². The highest BCUT2D eigenvalue weighted by Gasteiger charge is 2.28. The molecule has 2 aromatic rings. The van der Waals surface area contributed by atoms with Gasteiger partial charge in [-0.3, -0.25) is 4.79 Å². The van der Waals surface area contributed by atoms with Gasteiger partial charge in [0.1, 0.15) is 4.90 Å². The van der Waals surface area contributed by atoms with Gasteiger partial charge in [-0.1, -0.05) is 18.2 Å². The molecule has 0 unspecified atom stereocenters. The zero-order chi connectivity index (χ0) is 16.4. The van der Waals surface area contributed by atoms with Crippen LogP contribution in [0.15, 0.2) is 53.4 Å². The number of carbonyl (C=O) groups excluding carboxylic acids is 1. The maximum atomic E-state index is 12.3. The van der Waals surface area contributed by atoms with Crippen LogP contribution in [0.5, 0.6) is 0 Å². The molecule has 0 saturated carbocycles. The Morgan fingerprint density at radius 2 is 1.96 bits per heavy atom. The second kappa shape index (κ2) is 6.02. The monoisotopic (exact) mass is 331 g/mol. The summed E-state index contributed by atoms with van der Waals surface area (Å²) in [6.45, 7) is 2.85. The van der Waals surface area contributed by atoms with E-state index in [0.717, 1.165) is 0 Å². The smallest absolute Gasteiger partial charge is 0.255 e. The van der Waals surface area contributed by atoms with Crippen molar-refractivity contribution in [3.05, 3.63) is 54.1 Å². The molecule has 0 bridgehead atoms. The summed E-state index contributed by atoms with van der Waals surface area (Å²) in [6.07, 6.45) is 0. The highest BCUT2D eigenvalue weighted by molar-refractivity contribution is 7.89. The van der Waals surface area contributed by atoms with E-state index in [1.807, 2.05) is 30.0 Å². The summed E-state index contributed by atoms with van der Waals surface area (Å²) in [5, 5.41) is 2.75. The number of anilines is 2. The third-order valence-electron chi connectivity index (χ3n) is 3.71. The second-order valence-corrected chi connectivity index (χ2v) is 6.90. The molecule has 0 aliphatic carbocycles. The predicted octanol–water partition coefficient (Wildman–Crippen LogP) is 2.01. The Balaban J connectivity index is 1.95. The molecule has 0 saturated heterocycles. The van der Waals surface area contributed by atoms with E-state index in [0.29, 0.717) is 23.5 Å². The average Bonchev–Trinajstić information content (AvgIpc) is 2.56. The summed E-state index contributed by atoms with van der Waals surface area (Å²) in [5.74, 6) is -0.345. The van der Waals surface area contributed by atoms with Gasteiger partial charge in [0, 0.05) is 17.8 Å². The second-order valence-electron chi connectivity index (χ2n) is 5.16. The zero-order valence-electron chi connectivity index (χ0n) is 12.6. The average molecular weight is 331 g/mol. The van der Waals surface area contributed by atoms with Gasteiger partial charge in [0.05, 0.1) is 12.4 Å². The summed E-state index contributed by atoms with van der Waals surface area (Å²) in [7, 11) is -3.59. The van der Waals surface area contributed by atoms with Crippen LogP contribution >= 0.6 is 0 Å². The lowest BCUT2D eigenvalue weighted by molar-refractivity contribution is 0.102. The number of para-hydroxylation sites is 1. The van der Waals surface area contributed by atoms with E-state index in [4.69, 9.17) is 0 Å². The third kappa shape index (κ3) is 3.06. The third-order valence-corrected chi connectivity index (χ3v) is 5.13. The van der Waals surface area contributed by atoms with E-state index in [1.54, 1.807) is 24.3 Å². The molecule has 7 heteroatoms. The molecule has 0 aromatic heterocycles. The molecule has 120 valence electrons. The number of fused-ring (bicyclic) bond motifs is 1. The molecule has 0 fully saturated rings. The molecular weight excluding hydrogens is 314 g/mol. The molecule has 2 aromatic carbocycles. The molecule has 0 atom stereocenters. The van der Waals surface area contributed by atoms with Crippen molar-refractivity contribution >= 4 is 27.3 Å². The molecule has 1 aliphatic heterocycles. The largest absolute Gasteiger partial charge is 0.357 e. The van der Waals surface area contributed by atoms with Crippen molar-refractivity contribution in [1.82, 2.24) is 4.72 Å². The Hall–Kier alpha value is -2.38. The zero-order valence-corrected chi connectivity index (χ0v) is 13.4. The van der Waals surface area contributed by atoms with E-state index in [2.05, 4.69) is 10.0 Å². The predicted molar refractivity (Wildman–Crippen MR) is 89.0 cm³/mol. The summed E-state index contributed by atoms with van der Waals surface area (Å²) in [4.78, 5) is 14.4. The van der Waals surface area contributed by atoms with Crippen molar-refractivity contribution in [3.8, 4) is 0 Å². The van der Waals surface area contributed by atoms with Crippen molar-refractivity contribution in [1.29, 1.82) is 0 Å². The van der Waals surface area contributed by atoms with E-state index >= 15 is 0 Å². The van der Waals surface area contributed by atoms with Crippen molar-refractivity contribution in [2.24, 2.45) is 0 Å². The van der Waals surface area contributed by atoms with Gasteiger partial charge in [0.15, 0.2) is 0 Å². The Labute approximate surface area is 135 Å². The van der Waals surface area contributed by atoms with Gasteiger partial charge >= 0.3 is 0 Å². The minimum Gasteiger partial charge on any atom is -0.357 e. The number of nitrogens with one attached hydrogen (secondary N) is 2. The fourth-order valence-electron chi connectivity index (χ4n) is 2.46. The molecular formula is C16H17N3O3S. The van der Waals surface area contributed by atoms with Crippen LogP contribution < -0.4 is 14.9 Å². The molecule has 0 spiro atoms. The summed E-state index contributed by atoms with van der Waals surface area (Å²) < 4.78 is 26.9. The van der Waals surface area contributed by atoms with Gasteiger partial charge in [-0.05, 0) is 37.3 Å². The van der Waals surface area contributed by atoms with Gasteiger partial charge in [0.2, 0.25) is 10.0 Å². The SMILES string of the molecule is CCN1CNS(=O)(=O)c2cc(C(=O)Nc3ccccc3)ccc21. The quantitative estimate of drug-likeness (QED) is 0.902. The molecule has 23 heavy (non-hydrogen) atoms. The van der Waals surface area contributed by atoms with Crippen LogP contribution in [0.25, 0.3) is 0 Å². The summed E-state index contributed by atoms with van der Waals surface area (Å²) in [6, 6.07) is 13.8. The lowest BCUT2D eigenvalue weighted by Crippen LogP contribution is -2.43. The topological polar surface area (TPSA) is 78.5 Å². The molecule has 0 radical (unpaired) electrons. The first-order valence-corrected chi connectivity index (χ1v) is 8.74. The Bertz CT molecular complexity index is 835. The first-order valence-electron chi connectivity index (χ1n) is 7.26. The Morgan fingerprint density at radius 3 is 2.65 bits per heavy atom. The van der Waals surface area contributed by atoms with E-state index in [9.17, 15) is 13.2 Å². The highest BCUT2D eigenvalue weighted by Crippen LogP contribution is 2.29. The van der Waals surface area contributed by atoms with Crippen LogP contribution in [-0.2, 0) is 10.0 Å². The van der Waals surface area contributed by atoms with Crippen molar-refractivity contribution in [3.63, 3.8) is 0 Å². The lowest BCUT2D eigenvalue weighted by atomic mass is 10.1. The minimum absolute atomic E-state index is 0.131. The van der Waals surface area contributed by atoms with E-state index in [-0.39, 0.29) is 17.5 Å². The number of hydrogen-bond acceptors (Lipinski definition) is 4. The number of carbonyl (C=O) groups is 1. The number of benzene rings is 2. The minimum atomic E-state index is -3.59. The number of amides is 1. The van der Waals surface area contributed by atoms with Crippen LogP contribution in [0.3, 0.4) is 0 Å². The van der Waals surface area contributed by atoms with Crippen molar-refractivity contribution in [2.45, 2.75) is 11.8 Å². The first-order chi connectivity index (χ1) is 11.0. The fourth-order valence-corrected chi connectivity index (χ4v) is 3.70. The summed E-state index contributed by atoms with van der Waals surface area (Å²) in [5.41, 5.74) is 1.57. The van der Waals surface area contributed by atoms with Crippen molar-refractivity contribution < 1.29 is 13.2 Å². The standard InChI is InChI=1S/C16H17N3O3S/c1-2-19-11-17-23(21,22)15-10-12(8-9-14(15)19)16(20)18-13-6-4-3-5-7-13/h3-10,17H,2,11H2,1H3,(H,18,20). The van der Waals surface area contributed by atoms with Gasteiger partial charge < -0.3 is 10.2 Å². The number of sulfonamides is 1. The Kier molecular flexibility index (Phi) is 4.06. The lowest BCUT2D eigenvalue weighted by Gasteiger charge is -2.30. The van der Waals surface area contributed by atoms with Crippen LogP contribution in [0.2, 0.25) is 0 Å². The maximum Gasteiger partial charge on any atom is 0.255 e. The number of hydrogen-bond donors (Lipinski definition) is 2. The molecule has 1 heterocycles. The molecule has 2 N–H and O–H groups in total. The molecule has 3 rings (SSSR count). The van der Waals surface area contributed by atoms with E-state index < -0.39 is 10.0 Å². The van der Waals surface area contributed by atoms with Crippen molar-refractivity contribution in [2.75, 3.05) is 23.4 Å². The maximum absolute atomic E-state index is 12.3. The van der Waals surface area contributed by atoms with Crippen LogP contribution in [0.1, 0.15) is 17.3 Å². The van der Waals surface area contributed by atoms with Crippen LogP contribution in [0.4, 0.5) is 11.4 Å². The number of nitrogens with zero attached hydrogens (tertiary/aromatic N) is 1. The van der Waals surface area contributed by atoms with E-state index in [1.165, 1.54) is 6.07 Å². The number of rotatable bonds is 3. The van der Waals surface area contributed by atoms with Crippen LogP contribution in [0, 0.1) is 0 Å². The normalized spacial score (nSPS) is 15.8. The van der Waals surface area contributed by atoms with Gasteiger partial charge in [0.25, 0.3) is 5.91 Å². The molecule has 1 aliphatic rings.